The Morgan fingerprint density at radius 2 is 2.04 bits per heavy atom. The number of hydrogen-bond donors (Lipinski definition) is 4. The largest absolute Gasteiger partial charge is 0.399 e. The molecule has 1 aliphatic carbocycles. The van der Waals surface area contributed by atoms with E-state index in [0.717, 1.165) is 11.8 Å². The molecule has 2 aromatic heterocycles. The van der Waals surface area contributed by atoms with Crippen molar-refractivity contribution in [2.45, 2.75) is 39.2 Å². The molecule has 0 amide bonds. The van der Waals surface area contributed by atoms with Crippen LogP contribution in [0.3, 0.4) is 0 Å². The quantitative estimate of drug-likeness (QED) is 0.557. The van der Waals surface area contributed by atoms with Gasteiger partial charge in [0.2, 0.25) is 5.95 Å². The first-order valence-electron chi connectivity index (χ1n) is 9.34. The second-order valence-corrected chi connectivity index (χ2v) is 7.03. The van der Waals surface area contributed by atoms with Gasteiger partial charge in [-0.25, -0.2) is 4.98 Å². The predicted molar refractivity (Wildman–Crippen MR) is 114 cm³/mol. The van der Waals surface area contributed by atoms with Crippen LogP contribution in [-0.2, 0) is 6.42 Å². The molecule has 0 aliphatic heterocycles. The van der Waals surface area contributed by atoms with Crippen molar-refractivity contribution in [3.8, 4) is 0 Å². The van der Waals surface area contributed by atoms with Gasteiger partial charge < -0.3 is 21.8 Å². The van der Waals surface area contributed by atoms with Gasteiger partial charge in [-0.2, -0.15) is 4.98 Å². The average molecular weight is 377 g/mol. The van der Waals surface area contributed by atoms with Crippen molar-refractivity contribution in [2.75, 3.05) is 11.5 Å². The van der Waals surface area contributed by atoms with Crippen LogP contribution in [0.15, 0.2) is 37.0 Å². The Balaban J connectivity index is 0.000000178. The van der Waals surface area contributed by atoms with E-state index in [1.54, 1.807) is 0 Å². The first kappa shape index (κ1) is 19.4. The van der Waals surface area contributed by atoms with Crippen molar-refractivity contribution >= 4 is 28.2 Å². The van der Waals surface area contributed by atoms with Crippen LogP contribution in [0, 0.1) is 12.3 Å². The van der Waals surface area contributed by atoms with Crippen molar-refractivity contribution in [1.82, 2.24) is 14.5 Å². The fourth-order valence-corrected chi connectivity index (χ4v) is 3.33. The molecule has 0 saturated heterocycles. The van der Waals surface area contributed by atoms with Gasteiger partial charge in [0.05, 0.1) is 5.56 Å². The summed E-state index contributed by atoms with van der Waals surface area (Å²) in [4.78, 5) is 7.41. The summed E-state index contributed by atoms with van der Waals surface area (Å²) in [6, 6.07) is 9.15. The number of nitrogen functional groups attached to an aromatic ring is 2. The summed E-state index contributed by atoms with van der Waals surface area (Å²) in [6.07, 6.45) is 4.92. The Hall–Kier alpha value is -3.35. The third-order valence-corrected chi connectivity index (χ3v) is 4.87. The highest BCUT2D eigenvalue weighted by Crippen LogP contribution is 2.35. The Morgan fingerprint density at radius 3 is 2.61 bits per heavy atom. The molecule has 7 nitrogen and oxygen atoms in total. The molecule has 0 atom stereocenters. The van der Waals surface area contributed by atoms with Crippen molar-refractivity contribution in [2.24, 2.45) is 5.73 Å². The normalized spacial score (nSPS) is 13.1. The molecule has 3 aromatic rings. The van der Waals surface area contributed by atoms with E-state index in [0.29, 0.717) is 22.8 Å². The number of nitrogens with one attached hydrogen (secondary N) is 1. The van der Waals surface area contributed by atoms with Crippen molar-refractivity contribution in [1.29, 1.82) is 5.41 Å². The van der Waals surface area contributed by atoms with Crippen LogP contribution < -0.4 is 22.7 Å². The first-order chi connectivity index (χ1) is 13.3. The molecule has 0 bridgehead atoms. The Labute approximate surface area is 164 Å². The molecule has 2 heterocycles. The van der Waals surface area contributed by atoms with Crippen LogP contribution in [-0.4, -0.2) is 14.5 Å². The fourth-order valence-electron chi connectivity index (χ4n) is 3.33. The highest BCUT2D eigenvalue weighted by atomic mass is 15.1. The minimum Gasteiger partial charge on any atom is -0.399 e. The minimum atomic E-state index is 0.132. The molecular weight excluding hydrogens is 350 g/mol. The van der Waals surface area contributed by atoms with E-state index in [1.807, 2.05) is 0 Å². The van der Waals surface area contributed by atoms with Crippen LogP contribution in [0.2, 0.25) is 0 Å². The van der Waals surface area contributed by atoms with Crippen LogP contribution in [0.4, 0.5) is 11.8 Å². The van der Waals surface area contributed by atoms with E-state index in [-0.39, 0.29) is 11.8 Å². The van der Waals surface area contributed by atoms with E-state index in [9.17, 15) is 0 Å². The smallest absolute Gasteiger partial charge is 0.221 e. The monoisotopic (exact) mass is 377 g/mol. The zero-order valence-electron chi connectivity index (χ0n) is 16.4. The molecule has 1 fully saturated rings. The number of rotatable bonds is 3. The number of aromatic nitrogens is 3. The van der Waals surface area contributed by atoms with Gasteiger partial charge in [-0.15, -0.1) is 0 Å². The SMILES string of the molecule is C=C(N)c1cnc(N)nc1N.CCc1cc2cccc(C)c2c(=N)n1C1CC1. The molecule has 146 valence electrons. The van der Waals surface area contributed by atoms with Crippen molar-refractivity contribution in [3.63, 3.8) is 0 Å². The maximum Gasteiger partial charge on any atom is 0.221 e. The Kier molecular flexibility index (Phi) is 5.35. The molecule has 7 heteroatoms. The molecule has 1 aromatic carbocycles. The number of benzene rings is 1. The number of anilines is 2. The zero-order valence-corrected chi connectivity index (χ0v) is 16.4. The maximum atomic E-state index is 8.46. The van der Waals surface area contributed by atoms with Crippen LogP contribution in [0.5, 0.6) is 0 Å². The molecule has 0 spiro atoms. The lowest BCUT2D eigenvalue weighted by molar-refractivity contribution is 0.652. The summed E-state index contributed by atoms with van der Waals surface area (Å²) in [5.41, 5.74) is 20.2. The number of pyridine rings is 1. The fraction of sp³-hybridized carbons (Fsp3) is 0.286. The lowest BCUT2D eigenvalue weighted by atomic mass is 10.1. The number of nitrogens with zero attached hydrogens (tertiary/aromatic N) is 3. The standard InChI is InChI=1S/C15H18N2.C6H9N5/c1-3-12-9-11-6-4-5-10(2)14(11)15(16)17(12)13-7-8-13;1-3(7)4-2-10-6(9)11-5(4)8/h4-6,9,13,16H,3,7-8H2,1-2H3;2H,1,7H2,(H4,8,9,10,11). The highest BCUT2D eigenvalue weighted by Gasteiger charge is 2.26. The Bertz CT molecular complexity index is 1090. The summed E-state index contributed by atoms with van der Waals surface area (Å²) in [5.74, 6) is 0.387. The third kappa shape index (κ3) is 3.83. The molecule has 1 saturated carbocycles. The summed E-state index contributed by atoms with van der Waals surface area (Å²) in [5, 5.41) is 10.8. The highest BCUT2D eigenvalue weighted by molar-refractivity contribution is 5.84. The number of hydrogen-bond acceptors (Lipinski definition) is 6. The van der Waals surface area contributed by atoms with Crippen LogP contribution in [0.1, 0.15) is 42.6 Å². The molecule has 4 rings (SSSR count). The third-order valence-electron chi connectivity index (χ3n) is 4.87. The van der Waals surface area contributed by atoms with Crippen LogP contribution >= 0.6 is 0 Å². The second-order valence-electron chi connectivity index (χ2n) is 7.03. The Morgan fingerprint density at radius 1 is 1.32 bits per heavy atom. The van der Waals surface area contributed by atoms with Gasteiger partial charge in [0.15, 0.2) is 0 Å². The predicted octanol–water partition coefficient (Wildman–Crippen LogP) is 2.90. The summed E-state index contributed by atoms with van der Waals surface area (Å²) in [6.45, 7) is 7.77. The summed E-state index contributed by atoms with van der Waals surface area (Å²) >= 11 is 0. The van der Waals surface area contributed by atoms with Gasteiger partial charge in [0.25, 0.3) is 0 Å². The first-order valence-corrected chi connectivity index (χ1v) is 9.34. The molecule has 1 aliphatic rings. The molecular formula is C21H27N7. The van der Waals surface area contributed by atoms with E-state index in [2.05, 4.69) is 59.2 Å². The maximum absolute atomic E-state index is 8.46. The van der Waals surface area contributed by atoms with E-state index < -0.39 is 0 Å². The number of aryl methyl sites for hydroxylation is 2. The molecule has 0 unspecified atom stereocenters. The van der Waals surface area contributed by atoms with Gasteiger partial charge in [-0.05, 0) is 43.2 Å². The minimum absolute atomic E-state index is 0.132. The number of nitrogens with two attached hydrogens (primary N) is 3. The van der Waals surface area contributed by atoms with Gasteiger partial charge in [-0.3, -0.25) is 5.41 Å². The van der Waals surface area contributed by atoms with Gasteiger partial charge in [0.1, 0.15) is 11.3 Å². The lowest BCUT2D eigenvalue weighted by Gasteiger charge is -2.15. The topological polar surface area (TPSA) is 133 Å². The summed E-state index contributed by atoms with van der Waals surface area (Å²) < 4.78 is 2.25. The number of fused-ring (bicyclic) bond motifs is 1. The molecule has 0 radical (unpaired) electrons. The van der Waals surface area contributed by atoms with Gasteiger partial charge in [0, 0.05) is 29.0 Å². The average Bonchev–Trinajstić information content (AvgIpc) is 3.46. The summed E-state index contributed by atoms with van der Waals surface area (Å²) in [7, 11) is 0. The lowest BCUT2D eigenvalue weighted by Crippen LogP contribution is -2.23. The molecule has 7 N–H and O–H groups in total. The zero-order chi connectivity index (χ0) is 20.4. The second kappa shape index (κ2) is 7.72. The van der Waals surface area contributed by atoms with Crippen molar-refractivity contribution < 1.29 is 0 Å². The van der Waals surface area contributed by atoms with E-state index in [4.69, 9.17) is 22.6 Å². The van der Waals surface area contributed by atoms with E-state index in [1.165, 1.54) is 35.7 Å². The molecule has 28 heavy (non-hydrogen) atoms. The van der Waals surface area contributed by atoms with Gasteiger partial charge in [-0.1, -0.05) is 31.7 Å². The van der Waals surface area contributed by atoms with E-state index >= 15 is 0 Å². The van der Waals surface area contributed by atoms with Crippen molar-refractivity contribution in [3.05, 3.63) is 59.3 Å². The van der Waals surface area contributed by atoms with Crippen LogP contribution in [0.25, 0.3) is 16.5 Å². The van der Waals surface area contributed by atoms with Gasteiger partial charge >= 0.3 is 0 Å².